The van der Waals surface area contributed by atoms with Gasteiger partial charge in [-0.15, -0.1) is 0 Å². The summed E-state index contributed by atoms with van der Waals surface area (Å²) in [6.45, 7) is 7.03. The molecule has 3 aliphatic rings. The summed E-state index contributed by atoms with van der Waals surface area (Å²) in [5.41, 5.74) is 1.56. The zero-order valence-electron chi connectivity index (χ0n) is 14.4. The van der Waals surface area contributed by atoms with Crippen molar-refractivity contribution in [2.45, 2.75) is 69.1 Å². The van der Waals surface area contributed by atoms with Crippen molar-refractivity contribution in [3.8, 4) is 0 Å². The Bertz CT molecular complexity index is 510. The first-order valence-electron chi connectivity index (χ1n) is 8.73. The lowest BCUT2D eigenvalue weighted by Crippen LogP contribution is -2.54. The van der Waals surface area contributed by atoms with Crippen molar-refractivity contribution in [2.24, 2.45) is 22.7 Å². The van der Waals surface area contributed by atoms with Crippen molar-refractivity contribution in [3.63, 3.8) is 0 Å². The van der Waals surface area contributed by atoms with Crippen LogP contribution in [-0.4, -0.2) is 16.5 Å². The summed E-state index contributed by atoms with van der Waals surface area (Å²) in [4.78, 5) is 12.5. The molecule has 1 unspecified atom stereocenters. The van der Waals surface area contributed by atoms with E-state index in [1.54, 1.807) is 12.7 Å². The summed E-state index contributed by atoms with van der Waals surface area (Å²) < 4.78 is 5.59. The molecule has 0 spiro atoms. The number of methoxy groups -OCH3 is 1. The van der Waals surface area contributed by atoms with Crippen LogP contribution in [0.4, 0.5) is 0 Å². The minimum Gasteiger partial charge on any atom is -0.469 e. The van der Waals surface area contributed by atoms with Crippen LogP contribution in [-0.2, 0) is 9.53 Å². The maximum absolute atomic E-state index is 12.5. The van der Waals surface area contributed by atoms with Crippen molar-refractivity contribution in [1.29, 1.82) is 0 Å². The first-order valence-corrected chi connectivity index (χ1v) is 9.81. The average Bonchev–Trinajstić information content (AvgIpc) is 2.46. The highest BCUT2D eigenvalue weighted by atomic mass is 127. The molecule has 124 valence electrons. The monoisotopic (exact) mass is 416 g/mol. The molecule has 0 heterocycles. The lowest BCUT2D eigenvalue weighted by Gasteiger charge is -2.59. The second-order valence-corrected chi connectivity index (χ2v) is 10.8. The van der Waals surface area contributed by atoms with E-state index in [1.165, 1.54) is 32.1 Å². The van der Waals surface area contributed by atoms with Crippen molar-refractivity contribution in [3.05, 3.63) is 11.6 Å². The molecule has 0 saturated heterocycles. The fraction of sp³-hybridized carbons (Fsp3) is 0.842. The van der Waals surface area contributed by atoms with Gasteiger partial charge >= 0.3 is 5.97 Å². The van der Waals surface area contributed by atoms with Crippen LogP contribution in [0, 0.1) is 22.7 Å². The van der Waals surface area contributed by atoms with E-state index in [9.17, 15) is 4.79 Å². The van der Waals surface area contributed by atoms with Crippen LogP contribution in [0.2, 0.25) is 0 Å². The van der Waals surface area contributed by atoms with Gasteiger partial charge in [0.25, 0.3) is 0 Å². The molecule has 0 aromatic rings. The van der Waals surface area contributed by atoms with Gasteiger partial charge in [-0.25, -0.2) is 0 Å². The Labute approximate surface area is 148 Å². The van der Waals surface area contributed by atoms with Crippen LogP contribution in [0.3, 0.4) is 0 Å². The Morgan fingerprint density at radius 3 is 2.64 bits per heavy atom. The normalized spacial score (nSPS) is 48.0. The Morgan fingerprint density at radius 1 is 1.23 bits per heavy atom. The van der Waals surface area contributed by atoms with Crippen LogP contribution in [0.5, 0.6) is 0 Å². The third kappa shape index (κ3) is 2.29. The molecule has 0 N–H and O–H groups in total. The Balaban J connectivity index is 2.02. The number of hydrogen-bond donors (Lipinski definition) is 0. The highest BCUT2D eigenvalue weighted by Gasteiger charge is 2.59. The Hall–Kier alpha value is -0.0600. The first kappa shape index (κ1) is 16.8. The molecular formula is C19H29IO2. The number of ether oxygens (including phenoxy) is 1. The fourth-order valence-electron chi connectivity index (χ4n) is 5.91. The van der Waals surface area contributed by atoms with Crippen LogP contribution in [0.25, 0.3) is 0 Å². The van der Waals surface area contributed by atoms with Crippen molar-refractivity contribution >= 4 is 28.6 Å². The van der Waals surface area contributed by atoms with Gasteiger partial charge in [-0.3, -0.25) is 4.79 Å². The van der Waals surface area contributed by atoms with Crippen molar-refractivity contribution in [1.82, 2.24) is 0 Å². The van der Waals surface area contributed by atoms with Crippen LogP contribution >= 0.6 is 22.6 Å². The van der Waals surface area contributed by atoms with Gasteiger partial charge in [0.05, 0.1) is 12.5 Å². The number of fused-ring (bicyclic) bond motifs is 3. The van der Waals surface area contributed by atoms with E-state index in [4.69, 9.17) is 4.74 Å². The van der Waals surface area contributed by atoms with E-state index in [0.717, 1.165) is 12.8 Å². The predicted molar refractivity (Wildman–Crippen MR) is 98.0 cm³/mol. The Kier molecular flexibility index (Phi) is 4.19. The molecule has 0 amide bonds. The second kappa shape index (κ2) is 5.49. The van der Waals surface area contributed by atoms with Crippen molar-refractivity contribution < 1.29 is 9.53 Å². The molecule has 0 aliphatic heterocycles. The van der Waals surface area contributed by atoms with E-state index in [0.29, 0.717) is 15.3 Å². The van der Waals surface area contributed by atoms with Gasteiger partial charge in [0.2, 0.25) is 0 Å². The van der Waals surface area contributed by atoms with E-state index in [-0.39, 0.29) is 16.8 Å². The van der Waals surface area contributed by atoms with E-state index in [1.807, 2.05) is 0 Å². The lowest BCUT2D eigenvalue weighted by molar-refractivity contribution is -0.164. The van der Waals surface area contributed by atoms with Crippen molar-refractivity contribution in [2.75, 3.05) is 7.11 Å². The highest BCUT2D eigenvalue weighted by molar-refractivity contribution is 14.1. The molecular weight excluding hydrogens is 387 g/mol. The molecule has 5 atom stereocenters. The highest BCUT2D eigenvalue weighted by Crippen LogP contribution is 2.64. The molecule has 0 aromatic heterocycles. The number of allylic oxidation sites excluding steroid dienone is 2. The number of esters is 1. The first-order chi connectivity index (χ1) is 10.3. The minimum atomic E-state index is -0.299. The third-order valence-electron chi connectivity index (χ3n) is 7.09. The molecule has 3 rings (SSSR count). The molecule has 2 nitrogen and oxygen atoms in total. The zero-order valence-corrected chi connectivity index (χ0v) is 16.5. The average molecular weight is 416 g/mol. The molecule has 0 radical (unpaired) electrons. The standard InChI is InChI=1S/C19H29IO2/c1-17-10-6-11-18(2,16(21)22-4)15(17)9-8-14-13(17)7-5-12-19(14,3)20/h7,14-15H,5-6,8-12H2,1-4H3/t14?,15-,17-,18+,19-/m0/s1. The summed E-state index contributed by atoms with van der Waals surface area (Å²) >= 11 is 2.69. The molecule has 22 heavy (non-hydrogen) atoms. The minimum absolute atomic E-state index is 0.00974. The van der Waals surface area contributed by atoms with Gasteiger partial charge < -0.3 is 4.74 Å². The SMILES string of the molecule is COC(=O)[C@]1(C)CCC[C@@]2(C)C3=CCC[C@](C)(I)C3CC[C@H]12. The number of carbonyl (C=O) groups excluding carboxylic acids is 1. The second-order valence-electron chi connectivity index (χ2n) is 8.34. The molecule has 3 heteroatoms. The summed E-state index contributed by atoms with van der Waals surface area (Å²) in [5.74, 6) is 1.15. The van der Waals surface area contributed by atoms with E-state index in [2.05, 4.69) is 49.4 Å². The molecule has 0 bridgehead atoms. The third-order valence-corrected chi connectivity index (χ3v) is 8.38. The maximum Gasteiger partial charge on any atom is 0.311 e. The van der Waals surface area contributed by atoms with Gasteiger partial charge in [0, 0.05) is 3.42 Å². The fourth-order valence-corrected chi connectivity index (χ4v) is 6.86. The molecule has 2 saturated carbocycles. The topological polar surface area (TPSA) is 26.3 Å². The number of alkyl halides is 1. The van der Waals surface area contributed by atoms with Crippen LogP contribution < -0.4 is 0 Å². The zero-order chi connectivity index (χ0) is 16.2. The summed E-state index contributed by atoms with van der Waals surface area (Å²) in [6, 6.07) is 0. The number of carbonyl (C=O) groups is 1. The lowest BCUT2D eigenvalue weighted by atomic mass is 9.46. The number of rotatable bonds is 1. The smallest absolute Gasteiger partial charge is 0.311 e. The van der Waals surface area contributed by atoms with Crippen LogP contribution in [0.1, 0.15) is 65.7 Å². The van der Waals surface area contributed by atoms with Crippen LogP contribution in [0.15, 0.2) is 11.6 Å². The summed E-state index contributed by atoms with van der Waals surface area (Å²) in [7, 11) is 1.55. The molecule has 0 aromatic carbocycles. The quantitative estimate of drug-likeness (QED) is 0.251. The Morgan fingerprint density at radius 2 is 1.95 bits per heavy atom. The summed E-state index contributed by atoms with van der Waals surface area (Å²) in [6.07, 6.45) is 10.8. The van der Waals surface area contributed by atoms with Gasteiger partial charge in [-0.2, -0.15) is 0 Å². The summed E-state index contributed by atoms with van der Waals surface area (Å²) in [5, 5.41) is 0. The predicted octanol–water partition coefficient (Wildman–Crippen LogP) is 5.30. The number of hydrogen-bond acceptors (Lipinski definition) is 2. The van der Waals surface area contributed by atoms with E-state index >= 15 is 0 Å². The molecule has 3 aliphatic carbocycles. The van der Waals surface area contributed by atoms with E-state index < -0.39 is 0 Å². The maximum atomic E-state index is 12.5. The van der Waals surface area contributed by atoms with Gasteiger partial charge in [-0.05, 0) is 69.6 Å². The number of halogens is 1. The van der Waals surface area contributed by atoms with Gasteiger partial charge in [-0.1, -0.05) is 47.6 Å². The van der Waals surface area contributed by atoms with Gasteiger partial charge in [0.1, 0.15) is 0 Å². The molecule has 2 fully saturated rings. The van der Waals surface area contributed by atoms with Gasteiger partial charge in [0.15, 0.2) is 0 Å². The largest absolute Gasteiger partial charge is 0.469 e.